The molecular formula is C13H28O5. The molecule has 18 heavy (non-hydrogen) atoms. The van der Waals surface area contributed by atoms with Crippen LogP contribution in [0.15, 0.2) is 12.7 Å². The predicted molar refractivity (Wildman–Crippen MR) is 72.4 cm³/mol. The van der Waals surface area contributed by atoms with Crippen molar-refractivity contribution in [2.75, 3.05) is 26.4 Å². The van der Waals surface area contributed by atoms with Gasteiger partial charge in [-0.1, -0.05) is 19.6 Å². The smallest absolute Gasteiger partial charge is 0.305 e. The van der Waals surface area contributed by atoms with E-state index in [2.05, 4.69) is 11.3 Å². The van der Waals surface area contributed by atoms with Crippen LogP contribution in [0.3, 0.4) is 0 Å². The summed E-state index contributed by atoms with van der Waals surface area (Å²) in [6.07, 6.45) is 1.43. The van der Waals surface area contributed by atoms with Gasteiger partial charge in [0.15, 0.2) is 0 Å². The minimum Gasteiger partial charge on any atom is -0.461 e. The second kappa shape index (κ2) is 21.4. The van der Waals surface area contributed by atoms with Gasteiger partial charge in [0.2, 0.25) is 0 Å². The number of carbonyl (C=O) groups excluding carboxylic acids is 1. The summed E-state index contributed by atoms with van der Waals surface area (Å²) in [6, 6.07) is 0. The van der Waals surface area contributed by atoms with Gasteiger partial charge in [0.25, 0.3) is 0 Å². The number of rotatable bonds is 6. The Morgan fingerprint density at radius 1 is 1.33 bits per heavy atom. The highest BCUT2D eigenvalue weighted by atomic mass is 16.5. The summed E-state index contributed by atoms with van der Waals surface area (Å²) in [4.78, 5) is 10.3. The molecule has 5 nitrogen and oxygen atoms in total. The van der Waals surface area contributed by atoms with Crippen LogP contribution in [0.5, 0.6) is 0 Å². The van der Waals surface area contributed by atoms with Crippen LogP contribution in [0.4, 0.5) is 0 Å². The maximum absolute atomic E-state index is 10.3. The van der Waals surface area contributed by atoms with Gasteiger partial charge in [-0.2, -0.15) is 0 Å². The Hall–Kier alpha value is -0.910. The van der Waals surface area contributed by atoms with E-state index < -0.39 is 6.10 Å². The molecule has 0 aliphatic rings. The maximum Gasteiger partial charge on any atom is 0.305 e. The van der Waals surface area contributed by atoms with E-state index in [1.807, 2.05) is 13.8 Å². The third kappa shape index (κ3) is 36.3. The molecule has 5 heteroatoms. The van der Waals surface area contributed by atoms with Gasteiger partial charge < -0.3 is 19.7 Å². The van der Waals surface area contributed by atoms with E-state index in [9.17, 15) is 4.79 Å². The van der Waals surface area contributed by atoms with Crippen LogP contribution in [0.1, 0.15) is 34.1 Å². The first-order chi connectivity index (χ1) is 8.49. The molecule has 0 bridgehead atoms. The Bertz CT molecular complexity index is 167. The van der Waals surface area contributed by atoms with E-state index in [0.717, 1.165) is 13.2 Å². The van der Waals surface area contributed by atoms with Crippen LogP contribution in [-0.2, 0) is 14.3 Å². The lowest BCUT2D eigenvalue weighted by atomic mass is 10.5. The molecule has 0 aromatic rings. The summed E-state index contributed by atoms with van der Waals surface area (Å²) in [5.74, 6) is -0.176. The van der Waals surface area contributed by atoms with E-state index in [1.165, 1.54) is 6.92 Å². The van der Waals surface area contributed by atoms with Crippen LogP contribution in [0.25, 0.3) is 0 Å². The monoisotopic (exact) mass is 264 g/mol. The van der Waals surface area contributed by atoms with Crippen molar-refractivity contribution in [1.82, 2.24) is 0 Å². The van der Waals surface area contributed by atoms with Crippen LogP contribution in [0.2, 0.25) is 0 Å². The predicted octanol–water partition coefficient (Wildman–Crippen LogP) is 1.53. The third-order valence-corrected chi connectivity index (χ3v) is 1.32. The normalized spacial score (nSPS) is 10.1. The standard InChI is InChI=1S/C6H10O2.C4H10O.C3H8O2/c1-3-5-8-6(7)4-2;1-3-5-4-2;1-3(5)2-4/h3H,1,4-5H2,2H3;3-4H2,1-2H3;3-5H,2H2,1H3. The summed E-state index contributed by atoms with van der Waals surface area (Å²) >= 11 is 0. The Balaban J connectivity index is -0.000000197. The van der Waals surface area contributed by atoms with E-state index in [-0.39, 0.29) is 12.6 Å². The molecule has 0 saturated heterocycles. The molecule has 0 fully saturated rings. The largest absolute Gasteiger partial charge is 0.461 e. The van der Waals surface area contributed by atoms with Gasteiger partial charge in [-0.25, -0.2) is 0 Å². The highest BCUT2D eigenvalue weighted by Crippen LogP contribution is 1.82. The minimum atomic E-state index is -0.560. The van der Waals surface area contributed by atoms with Crippen molar-refractivity contribution >= 4 is 5.97 Å². The van der Waals surface area contributed by atoms with Crippen molar-refractivity contribution in [3.63, 3.8) is 0 Å². The molecule has 0 saturated carbocycles. The maximum atomic E-state index is 10.3. The van der Waals surface area contributed by atoms with Gasteiger partial charge in [0, 0.05) is 19.6 Å². The topological polar surface area (TPSA) is 76.0 Å². The summed E-state index contributed by atoms with van der Waals surface area (Å²) in [7, 11) is 0. The zero-order chi connectivity index (χ0) is 14.8. The zero-order valence-corrected chi connectivity index (χ0v) is 12.0. The number of esters is 1. The molecular weight excluding hydrogens is 236 g/mol. The third-order valence-electron chi connectivity index (χ3n) is 1.32. The molecule has 0 heterocycles. The van der Waals surface area contributed by atoms with E-state index in [0.29, 0.717) is 13.0 Å². The summed E-state index contributed by atoms with van der Waals surface area (Å²) in [6.45, 7) is 12.5. The number of ether oxygens (including phenoxy) is 2. The van der Waals surface area contributed by atoms with Crippen LogP contribution in [-0.4, -0.2) is 48.7 Å². The number of carbonyl (C=O) groups is 1. The highest BCUT2D eigenvalue weighted by Gasteiger charge is 1.92. The van der Waals surface area contributed by atoms with Gasteiger partial charge in [-0.15, -0.1) is 0 Å². The number of aliphatic hydroxyl groups excluding tert-OH is 2. The van der Waals surface area contributed by atoms with Crippen LogP contribution in [0, 0.1) is 0 Å². The van der Waals surface area contributed by atoms with Crippen molar-refractivity contribution in [2.24, 2.45) is 0 Å². The van der Waals surface area contributed by atoms with Crippen molar-refractivity contribution in [1.29, 1.82) is 0 Å². The fraction of sp³-hybridized carbons (Fsp3) is 0.769. The van der Waals surface area contributed by atoms with E-state index >= 15 is 0 Å². The second-order valence-electron chi connectivity index (χ2n) is 3.14. The van der Waals surface area contributed by atoms with Gasteiger partial charge in [-0.3, -0.25) is 4.79 Å². The van der Waals surface area contributed by atoms with Gasteiger partial charge in [-0.05, 0) is 20.8 Å². The van der Waals surface area contributed by atoms with Gasteiger partial charge >= 0.3 is 5.97 Å². The molecule has 0 aromatic carbocycles. The lowest BCUT2D eigenvalue weighted by Crippen LogP contribution is -2.03. The molecule has 0 spiro atoms. The quantitative estimate of drug-likeness (QED) is 0.562. The van der Waals surface area contributed by atoms with Crippen molar-refractivity contribution in [3.8, 4) is 0 Å². The molecule has 0 radical (unpaired) electrons. The first kappa shape index (κ1) is 22.3. The molecule has 0 rings (SSSR count). The Morgan fingerprint density at radius 2 is 1.78 bits per heavy atom. The van der Waals surface area contributed by atoms with Crippen molar-refractivity contribution in [2.45, 2.75) is 40.2 Å². The van der Waals surface area contributed by atoms with Gasteiger partial charge in [0.05, 0.1) is 12.7 Å². The molecule has 1 unspecified atom stereocenters. The molecule has 0 amide bonds. The lowest BCUT2D eigenvalue weighted by molar-refractivity contribution is -0.141. The Morgan fingerprint density at radius 3 is 1.94 bits per heavy atom. The fourth-order valence-corrected chi connectivity index (χ4v) is 0.458. The van der Waals surface area contributed by atoms with Crippen LogP contribution >= 0.6 is 0 Å². The van der Waals surface area contributed by atoms with E-state index in [1.54, 1.807) is 13.0 Å². The molecule has 0 aromatic heterocycles. The molecule has 110 valence electrons. The lowest BCUT2D eigenvalue weighted by Gasteiger charge is -1.94. The van der Waals surface area contributed by atoms with Gasteiger partial charge in [0.1, 0.15) is 6.61 Å². The summed E-state index contributed by atoms with van der Waals surface area (Å²) < 4.78 is 9.42. The SMILES string of the molecule is C=CCOC(=O)CC.CC(O)CO.CCOCC. The second-order valence-corrected chi connectivity index (χ2v) is 3.14. The summed E-state index contributed by atoms with van der Waals surface area (Å²) in [5, 5.41) is 16.0. The Kier molecular flexibility index (Phi) is 26.5. The number of aliphatic hydroxyl groups is 2. The molecule has 2 N–H and O–H groups in total. The Labute approximate surface area is 110 Å². The van der Waals surface area contributed by atoms with E-state index in [4.69, 9.17) is 14.9 Å². The fourth-order valence-electron chi connectivity index (χ4n) is 0.458. The summed E-state index contributed by atoms with van der Waals surface area (Å²) in [5.41, 5.74) is 0. The minimum absolute atomic E-state index is 0.139. The first-order valence-corrected chi connectivity index (χ1v) is 6.13. The molecule has 0 aliphatic heterocycles. The first-order valence-electron chi connectivity index (χ1n) is 6.13. The highest BCUT2D eigenvalue weighted by molar-refractivity contribution is 5.68. The number of hydrogen-bond donors (Lipinski definition) is 2. The average Bonchev–Trinajstić information content (AvgIpc) is 2.38. The molecule has 0 aliphatic carbocycles. The van der Waals surface area contributed by atoms with Crippen LogP contribution < -0.4 is 0 Å². The average molecular weight is 264 g/mol. The van der Waals surface area contributed by atoms with Crippen molar-refractivity contribution in [3.05, 3.63) is 12.7 Å². The van der Waals surface area contributed by atoms with Crippen molar-refractivity contribution < 1.29 is 24.5 Å². The molecule has 1 atom stereocenters. The zero-order valence-electron chi connectivity index (χ0n) is 12.0. The number of hydrogen-bond acceptors (Lipinski definition) is 5.